The van der Waals surface area contributed by atoms with Crippen molar-refractivity contribution in [3.05, 3.63) is 67.4 Å². The van der Waals surface area contributed by atoms with Crippen molar-refractivity contribution in [3.8, 4) is 17.4 Å². The largest absolute Gasteiger partial charge is 0.482 e. The van der Waals surface area contributed by atoms with E-state index in [0.717, 1.165) is 30.9 Å². The van der Waals surface area contributed by atoms with Crippen LogP contribution in [-0.2, 0) is 23.2 Å². The summed E-state index contributed by atoms with van der Waals surface area (Å²) in [5.74, 6) is 0.880. The molecule has 1 spiro atoms. The molecule has 0 aromatic carbocycles. The number of likely N-dealkylation sites (tertiary alicyclic amines) is 1. The third kappa shape index (κ3) is 4.49. The number of aryl methyl sites for hydroxylation is 1. The zero-order valence-corrected chi connectivity index (χ0v) is 28.5. The highest BCUT2D eigenvalue weighted by Crippen LogP contribution is 2.75. The highest BCUT2D eigenvalue weighted by molar-refractivity contribution is 5.96. The second kappa shape index (κ2) is 10.7. The Labute approximate surface area is 287 Å². The van der Waals surface area contributed by atoms with Crippen molar-refractivity contribution >= 4 is 23.0 Å². The topological polar surface area (TPSA) is 166 Å². The number of pyridine rings is 3. The zero-order chi connectivity index (χ0) is 34.6. The molecule has 14 nitrogen and oxygen atoms in total. The van der Waals surface area contributed by atoms with Crippen molar-refractivity contribution in [2.75, 3.05) is 27.3 Å². The molecule has 0 radical (unpaired) electrons. The van der Waals surface area contributed by atoms with Gasteiger partial charge in [-0.3, -0.25) is 19.2 Å². The van der Waals surface area contributed by atoms with Crippen LogP contribution in [0.4, 0.5) is 0 Å². The molecule has 5 heterocycles. The maximum absolute atomic E-state index is 14.5. The van der Waals surface area contributed by atoms with E-state index in [0.29, 0.717) is 72.5 Å². The van der Waals surface area contributed by atoms with Crippen molar-refractivity contribution in [1.29, 1.82) is 0 Å². The van der Waals surface area contributed by atoms with E-state index in [2.05, 4.69) is 20.4 Å². The minimum Gasteiger partial charge on any atom is -0.482 e. The maximum atomic E-state index is 14.5. The summed E-state index contributed by atoms with van der Waals surface area (Å²) in [6.45, 7) is 2.41. The monoisotopic (exact) mass is 680 g/mol. The van der Waals surface area contributed by atoms with Crippen LogP contribution in [0.15, 0.2) is 34.1 Å². The standard InChI is InChI=1S/C36H40N8O6/c1-20-15-38-32(50-3)26(29(20)46)33(48)42-12-9-34(10-13-42)8-6-23-27(34)30(47)28-31(41-44(40-28)22-7-11-37-25(14-22)49-2)43(23)16-24(45)39-36-17-35(18-36,19-36)21-4-5-21/h7,11,14-15,21H,4-6,8-10,12-13,16-19H2,1-3H3,(H,38,46)(H,39,45). The van der Waals surface area contributed by atoms with Crippen molar-refractivity contribution in [2.24, 2.45) is 11.3 Å². The molecule has 10 rings (SSSR count). The average Bonchev–Trinajstić information content (AvgIpc) is 3.72. The van der Waals surface area contributed by atoms with E-state index >= 15 is 0 Å². The summed E-state index contributed by atoms with van der Waals surface area (Å²) in [5.41, 5.74) is 2.30. The Morgan fingerprint density at radius 2 is 1.80 bits per heavy atom. The molecule has 2 amide bonds. The smallest absolute Gasteiger partial charge is 0.263 e. The van der Waals surface area contributed by atoms with Crippen LogP contribution in [0.5, 0.6) is 11.8 Å². The number of hydrogen-bond acceptors (Lipinski definition) is 9. The molecule has 4 saturated carbocycles. The Morgan fingerprint density at radius 3 is 2.50 bits per heavy atom. The number of aromatic amines is 1. The van der Waals surface area contributed by atoms with Crippen molar-refractivity contribution in [1.82, 2.24) is 39.7 Å². The Hall–Kier alpha value is -5.01. The number of fused-ring (bicyclic) bond motifs is 3. The van der Waals surface area contributed by atoms with Gasteiger partial charge in [0.1, 0.15) is 12.1 Å². The van der Waals surface area contributed by atoms with Crippen molar-refractivity contribution in [2.45, 2.75) is 82.2 Å². The number of carbonyl (C=O) groups excluding carboxylic acids is 2. The third-order valence-electron chi connectivity index (χ3n) is 12.3. The molecule has 5 fully saturated rings. The number of aromatic nitrogens is 6. The normalized spacial score (nSPS) is 24.4. The van der Waals surface area contributed by atoms with Gasteiger partial charge in [0.2, 0.25) is 28.5 Å². The molecule has 6 aliphatic rings. The van der Waals surface area contributed by atoms with Gasteiger partial charge in [-0.15, -0.1) is 15.0 Å². The minimum absolute atomic E-state index is 0.0125. The number of nitrogens with zero attached hydrogens (tertiary/aromatic N) is 6. The summed E-state index contributed by atoms with van der Waals surface area (Å²) in [6.07, 6.45) is 11.3. The fourth-order valence-corrected chi connectivity index (χ4v) is 9.72. The number of carbonyl (C=O) groups is 2. The quantitative estimate of drug-likeness (QED) is 0.284. The predicted octanol–water partition coefficient (Wildman–Crippen LogP) is 2.56. The predicted molar refractivity (Wildman–Crippen MR) is 181 cm³/mol. The average molecular weight is 681 g/mol. The molecule has 50 heavy (non-hydrogen) atoms. The van der Waals surface area contributed by atoms with Crippen LogP contribution in [-0.4, -0.2) is 79.1 Å². The van der Waals surface area contributed by atoms with E-state index in [4.69, 9.17) is 14.6 Å². The Morgan fingerprint density at radius 1 is 1.04 bits per heavy atom. The van der Waals surface area contributed by atoms with Gasteiger partial charge in [0.05, 0.1) is 19.9 Å². The Bertz CT molecular complexity index is 2200. The van der Waals surface area contributed by atoms with Crippen LogP contribution >= 0.6 is 0 Å². The highest BCUT2D eigenvalue weighted by atomic mass is 16.5. The molecule has 0 atom stereocenters. The summed E-state index contributed by atoms with van der Waals surface area (Å²) < 4.78 is 12.5. The van der Waals surface area contributed by atoms with Gasteiger partial charge in [0.15, 0.2) is 11.2 Å². The van der Waals surface area contributed by atoms with Gasteiger partial charge in [-0.1, -0.05) is 0 Å². The lowest BCUT2D eigenvalue weighted by molar-refractivity contribution is -0.176. The number of piperidine rings is 1. The molecule has 2 N–H and O–H groups in total. The number of methoxy groups -OCH3 is 2. The van der Waals surface area contributed by atoms with E-state index in [1.807, 2.05) is 4.57 Å². The summed E-state index contributed by atoms with van der Waals surface area (Å²) in [4.78, 5) is 65.1. The number of H-pyrrole nitrogens is 1. The van der Waals surface area contributed by atoms with Crippen LogP contribution in [0.1, 0.15) is 78.5 Å². The van der Waals surface area contributed by atoms with Gasteiger partial charge in [-0.25, -0.2) is 4.98 Å². The fourth-order valence-electron chi connectivity index (χ4n) is 9.72. The second-order valence-electron chi connectivity index (χ2n) is 15.2. The molecule has 4 aromatic rings. The summed E-state index contributed by atoms with van der Waals surface area (Å²) in [7, 11) is 2.95. The Kier molecular flexibility index (Phi) is 6.66. The van der Waals surface area contributed by atoms with E-state index in [9.17, 15) is 19.2 Å². The van der Waals surface area contributed by atoms with E-state index < -0.39 is 11.3 Å². The lowest BCUT2D eigenvalue weighted by Gasteiger charge is -2.71. The summed E-state index contributed by atoms with van der Waals surface area (Å²) in [5, 5.41) is 12.8. The SMILES string of the molecule is COc1cc(-n2nc3c(=O)c4c(n(CC(=O)NC56CC(C7CC7)(C5)C6)c3n2)CCC42CCN(C(=O)c3c(OC)[nH]cc(C)c3=O)CC2)ccn1. The molecule has 1 aliphatic heterocycles. The van der Waals surface area contributed by atoms with E-state index in [-0.39, 0.29) is 45.8 Å². The molecule has 260 valence electrons. The molecule has 5 aliphatic carbocycles. The van der Waals surface area contributed by atoms with Crippen molar-refractivity contribution < 1.29 is 19.1 Å². The van der Waals surface area contributed by atoms with Crippen LogP contribution in [0.2, 0.25) is 0 Å². The molecule has 14 heteroatoms. The first-order valence-corrected chi connectivity index (χ1v) is 17.5. The van der Waals surface area contributed by atoms with Gasteiger partial charge < -0.3 is 29.2 Å². The molecule has 2 bridgehead atoms. The van der Waals surface area contributed by atoms with Gasteiger partial charge >= 0.3 is 0 Å². The van der Waals surface area contributed by atoms with E-state index in [1.54, 1.807) is 30.2 Å². The number of hydrogen-bond donors (Lipinski definition) is 2. The highest BCUT2D eigenvalue weighted by Gasteiger charge is 2.72. The molecule has 0 unspecified atom stereocenters. The molecular weight excluding hydrogens is 640 g/mol. The van der Waals surface area contributed by atoms with Crippen LogP contribution in [0.3, 0.4) is 0 Å². The lowest BCUT2D eigenvalue weighted by Crippen LogP contribution is -2.75. The van der Waals surface area contributed by atoms with Crippen LogP contribution in [0.25, 0.3) is 16.9 Å². The first-order valence-electron chi connectivity index (χ1n) is 17.5. The first kappa shape index (κ1) is 31.0. The van der Waals surface area contributed by atoms with Gasteiger partial charge in [0.25, 0.3) is 5.91 Å². The number of rotatable bonds is 8. The molecular formula is C36H40N8O6. The Balaban J connectivity index is 1.06. The van der Waals surface area contributed by atoms with Crippen LogP contribution < -0.4 is 25.6 Å². The minimum atomic E-state index is -0.507. The van der Waals surface area contributed by atoms with Gasteiger partial charge in [-0.2, -0.15) is 0 Å². The van der Waals surface area contributed by atoms with Gasteiger partial charge in [-0.05, 0) is 82.1 Å². The second-order valence-corrected chi connectivity index (χ2v) is 15.2. The maximum Gasteiger partial charge on any atom is 0.263 e. The van der Waals surface area contributed by atoms with E-state index in [1.165, 1.54) is 38.1 Å². The lowest BCUT2D eigenvalue weighted by atomic mass is 9.37. The third-order valence-corrected chi connectivity index (χ3v) is 12.3. The summed E-state index contributed by atoms with van der Waals surface area (Å²) in [6, 6.07) is 3.42. The fraction of sp³-hybridized carbons (Fsp3) is 0.528. The number of nitrogens with one attached hydrogen (secondary N) is 2. The van der Waals surface area contributed by atoms with Crippen LogP contribution in [0, 0.1) is 18.3 Å². The first-order chi connectivity index (χ1) is 24.1. The van der Waals surface area contributed by atoms with Gasteiger partial charge in [0, 0.05) is 59.3 Å². The number of ether oxygens (including phenoxy) is 2. The van der Waals surface area contributed by atoms with Crippen molar-refractivity contribution in [3.63, 3.8) is 0 Å². The molecule has 4 aromatic heterocycles. The number of amides is 2. The summed E-state index contributed by atoms with van der Waals surface area (Å²) >= 11 is 0. The zero-order valence-electron chi connectivity index (χ0n) is 28.5. The molecule has 1 saturated heterocycles.